The lowest BCUT2D eigenvalue weighted by Gasteiger charge is -2.21. The van der Waals surface area contributed by atoms with Gasteiger partial charge in [-0.15, -0.1) is 0 Å². The first-order chi connectivity index (χ1) is 25.0. The highest BCUT2D eigenvalue weighted by Crippen LogP contribution is 2.49. The van der Waals surface area contributed by atoms with E-state index in [4.69, 9.17) is 4.98 Å². The Morgan fingerprint density at radius 3 is 1.47 bits per heavy atom. The van der Waals surface area contributed by atoms with Crippen LogP contribution >= 0.6 is 0 Å². The molecule has 7 aromatic carbocycles. The number of fused-ring (bicyclic) bond motifs is 3. The predicted octanol–water partition coefficient (Wildman–Crippen LogP) is 13.4. The van der Waals surface area contributed by atoms with Crippen molar-refractivity contribution in [1.29, 1.82) is 0 Å². The Hall–Kier alpha value is -6.31. The fourth-order valence-electron chi connectivity index (χ4n) is 7.79. The number of pyridine rings is 1. The topological polar surface area (TPSA) is 12.9 Å². The van der Waals surface area contributed by atoms with Crippen LogP contribution in [0.2, 0.25) is 0 Å². The summed E-state index contributed by atoms with van der Waals surface area (Å²) in [6, 6.07) is 67.9. The highest BCUT2D eigenvalue weighted by molar-refractivity contribution is 5.89. The number of rotatable bonds is 6. The molecule has 0 saturated carbocycles. The molecule has 0 bridgehead atoms. The molecule has 0 fully saturated rings. The molecule has 1 aliphatic carbocycles. The summed E-state index contributed by atoms with van der Waals surface area (Å²) in [5, 5.41) is 0. The molecule has 0 spiro atoms. The molecule has 0 radical (unpaired) electrons. The van der Waals surface area contributed by atoms with Crippen LogP contribution in [0.5, 0.6) is 0 Å². The van der Waals surface area contributed by atoms with Gasteiger partial charge in [0.25, 0.3) is 0 Å². The van der Waals surface area contributed by atoms with Crippen molar-refractivity contribution in [1.82, 2.24) is 4.98 Å². The molecular formula is C50H37N. The van der Waals surface area contributed by atoms with E-state index in [0.717, 1.165) is 28.1 Å². The molecule has 0 atom stereocenters. The van der Waals surface area contributed by atoms with Gasteiger partial charge in [0.05, 0.1) is 11.4 Å². The second kappa shape index (κ2) is 12.5. The summed E-state index contributed by atoms with van der Waals surface area (Å²) in [5.74, 6) is 0. The normalized spacial score (nSPS) is 12.7. The molecule has 51 heavy (non-hydrogen) atoms. The standard InChI is InChI=1S/C50H37N/c1-50(2)46-21-13-12-20-43(46)45-30-39(27-29-47(45)50)35-22-24-37(25-23-35)44-31-40(26-28-42(44)36-16-8-4-9-17-36)49-33-41(34-14-6-3-7-15-34)32-48(51-49)38-18-10-5-11-19-38/h3-33H,1-2H3. The van der Waals surface area contributed by atoms with Gasteiger partial charge in [0.1, 0.15) is 0 Å². The van der Waals surface area contributed by atoms with Crippen LogP contribution in [0.25, 0.3) is 78.1 Å². The quantitative estimate of drug-likeness (QED) is 0.174. The second-order valence-corrected chi connectivity index (χ2v) is 14.0. The number of hydrogen-bond acceptors (Lipinski definition) is 1. The monoisotopic (exact) mass is 651 g/mol. The number of hydrogen-bond donors (Lipinski definition) is 0. The number of benzene rings is 7. The van der Waals surface area contributed by atoms with E-state index in [-0.39, 0.29) is 5.41 Å². The van der Waals surface area contributed by atoms with Crippen LogP contribution in [0.3, 0.4) is 0 Å². The summed E-state index contributed by atoms with van der Waals surface area (Å²) in [5.41, 5.74) is 19.1. The molecule has 0 unspecified atom stereocenters. The average Bonchev–Trinajstić information content (AvgIpc) is 3.44. The molecule has 242 valence electrons. The van der Waals surface area contributed by atoms with Gasteiger partial charge in [0, 0.05) is 16.5 Å². The summed E-state index contributed by atoms with van der Waals surface area (Å²) >= 11 is 0. The van der Waals surface area contributed by atoms with Crippen molar-refractivity contribution in [2.24, 2.45) is 0 Å². The summed E-state index contributed by atoms with van der Waals surface area (Å²) < 4.78 is 0. The van der Waals surface area contributed by atoms with Crippen molar-refractivity contribution in [3.63, 3.8) is 0 Å². The molecule has 0 saturated heterocycles. The molecule has 8 aromatic rings. The van der Waals surface area contributed by atoms with Crippen LogP contribution in [0.15, 0.2) is 188 Å². The molecular weight excluding hydrogens is 615 g/mol. The Morgan fingerprint density at radius 1 is 0.294 bits per heavy atom. The molecule has 0 N–H and O–H groups in total. The molecule has 9 rings (SSSR count). The maximum atomic E-state index is 5.25. The van der Waals surface area contributed by atoms with Gasteiger partial charge in [-0.1, -0.05) is 178 Å². The van der Waals surface area contributed by atoms with Crippen LogP contribution in [0.1, 0.15) is 25.0 Å². The Bertz CT molecular complexity index is 2450. The van der Waals surface area contributed by atoms with Gasteiger partial charge >= 0.3 is 0 Å². The molecule has 0 aliphatic heterocycles. The van der Waals surface area contributed by atoms with Crippen LogP contribution < -0.4 is 0 Å². The average molecular weight is 652 g/mol. The summed E-state index contributed by atoms with van der Waals surface area (Å²) in [6.07, 6.45) is 0. The summed E-state index contributed by atoms with van der Waals surface area (Å²) in [6.45, 7) is 4.67. The predicted molar refractivity (Wildman–Crippen MR) is 214 cm³/mol. The first-order valence-corrected chi connectivity index (χ1v) is 17.7. The number of nitrogens with zero attached hydrogens (tertiary/aromatic N) is 1. The Labute approximate surface area is 300 Å². The highest BCUT2D eigenvalue weighted by Gasteiger charge is 2.35. The third kappa shape index (κ3) is 5.58. The Morgan fingerprint density at radius 2 is 0.765 bits per heavy atom. The number of aromatic nitrogens is 1. The lowest BCUT2D eigenvalue weighted by molar-refractivity contribution is 0.660. The van der Waals surface area contributed by atoms with Gasteiger partial charge in [-0.05, 0) is 91.0 Å². The minimum absolute atomic E-state index is 0.00446. The lowest BCUT2D eigenvalue weighted by atomic mass is 9.82. The lowest BCUT2D eigenvalue weighted by Crippen LogP contribution is -2.14. The maximum absolute atomic E-state index is 5.25. The summed E-state index contributed by atoms with van der Waals surface area (Å²) in [4.78, 5) is 5.25. The fourth-order valence-corrected chi connectivity index (χ4v) is 7.79. The smallest absolute Gasteiger partial charge is 0.0715 e. The van der Waals surface area contributed by atoms with Crippen molar-refractivity contribution in [2.45, 2.75) is 19.3 Å². The molecule has 1 nitrogen and oxygen atoms in total. The van der Waals surface area contributed by atoms with Gasteiger partial charge < -0.3 is 0 Å². The Balaban J connectivity index is 1.15. The minimum Gasteiger partial charge on any atom is -0.248 e. The van der Waals surface area contributed by atoms with E-state index in [9.17, 15) is 0 Å². The molecule has 1 heteroatoms. The van der Waals surface area contributed by atoms with E-state index < -0.39 is 0 Å². The largest absolute Gasteiger partial charge is 0.248 e. The van der Waals surface area contributed by atoms with Gasteiger partial charge in [0.2, 0.25) is 0 Å². The summed E-state index contributed by atoms with van der Waals surface area (Å²) in [7, 11) is 0. The zero-order valence-corrected chi connectivity index (χ0v) is 28.8. The van der Waals surface area contributed by atoms with Crippen molar-refractivity contribution in [2.75, 3.05) is 0 Å². The third-order valence-corrected chi connectivity index (χ3v) is 10.5. The maximum Gasteiger partial charge on any atom is 0.0715 e. The van der Waals surface area contributed by atoms with E-state index >= 15 is 0 Å². The van der Waals surface area contributed by atoms with Crippen LogP contribution in [0.4, 0.5) is 0 Å². The first kappa shape index (κ1) is 30.7. The van der Waals surface area contributed by atoms with Crippen molar-refractivity contribution >= 4 is 0 Å². The van der Waals surface area contributed by atoms with Gasteiger partial charge in [0.15, 0.2) is 0 Å². The third-order valence-electron chi connectivity index (χ3n) is 10.5. The van der Waals surface area contributed by atoms with Crippen molar-refractivity contribution in [3.05, 3.63) is 199 Å². The van der Waals surface area contributed by atoms with Crippen LogP contribution in [-0.4, -0.2) is 4.98 Å². The van der Waals surface area contributed by atoms with E-state index in [0.29, 0.717) is 0 Å². The van der Waals surface area contributed by atoms with E-state index in [1.165, 1.54) is 61.2 Å². The Kier molecular flexibility index (Phi) is 7.55. The SMILES string of the molecule is CC1(C)c2ccccc2-c2cc(-c3ccc(-c4cc(-c5cc(-c6ccccc6)cc(-c6ccccc6)n5)ccc4-c4ccccc4)cc3)ccc21. The highest BCUT2D eigenvalue weighted by atomic mass is 14.7. The van der Waals surface area contributed by atoms with Crippen LogP contribution in [-0.2, 0) is 5.41 Å². The first-order valence-electron chi connectivity index (χ1n) is 17.7. The molecule has 1 aliphatic rings. The van der Waals surface area contributed by atoms with E-state index in [1.54, 1.807) is 0 Å². The van der Waals surface area contributed by atoms with E-state index in [1.807, 2.05) is 0 Å². The molecule has 1 heterocycles. The zero-order chi connectivity index (χ0) is 34.4. The molecule has 1 aromatic heterocycles. The molecule has 0 amide bonds. The zero-order valence-electron chi connectivity index (χ0n) is 28.8. The fraction of sp³-hybridized carbons (Fsp3) is 0.0600. The van der Waals surface area contributed by atoms with Gasteiger partial charge in [-0.25, -0.2) is 4.98 Å². The second-order valence-electron chi connectivity index (χ2n) is 14.0. The van der Waals surface area contributed by atoms with Gasteiger partial charge in [-0.2, -0.15) is 0 Å². The van der Waals surface area contributed by atoms with Crippen LogP contribution in [0, 0.1) is 0 Å². The van der Waals surface area contributed by atoms with E-state index in [2.05, 4.69) is 202 Å². The minimum atomic E-state index is 0.00446. The van der Waals surface area contributed by atoms with Crippen molar-refractivity contribution in [3.8, 4) is 78.1 Å². The van der Waals surface area contributed by atoms with Crippen molar-refractivity contribution < 1.29 is 0 Å². The van der Waals surface area contributed by atoms with Gasteiger partial charge in [-0.3, -0.25) is 0 Å².